The van der Waals surface area contributed by atoms with Crippen molar-refractivity contribution < 1.29 is 17.9 Å². The zero-order chi connectivity index (χ0) is 31.4. The number of hydrogen-bond acceptors (Lipinski definition) is 6. The molecule has 0 bridgehead atoms. The van der Waals surface area contributed by atoms with Crippen LogP contribution in [-0.4, -0.2) is 45.1 Å². The van der Waals surface area contributed by atoms with Crippen molar-refractivity contribution in [1.82, 2.24) is 18.4 Å². The van der Waals surface area contributed by atoms with Gasteiger partial charge in [-0.05, 0) is 88.6 Å². The monoisotopic (exact) mass is 610 g/mol. The molecule has 4 heterocycles. The summed E-state index contributed by atoms with van der Waals surface area (Å²) < 4.78 is 37.0. The molecule has 3 aromatic heterocycles. The quantitative estimate of drug-likeness (QED) is 0.247. The lowest BCUT2D eigenvalue weighted by atomic mass is 10.0. The van der Waals surface area contributed by atoms with Crippen LogP contribution in [0.25, 0.3) is 27.8 Å². The maximum atomic E-state index is 14.3. The molecule has 5 aromatic rings. The van der Waals surface area contributed by atoms with E-state index in [1.54, 1.807) is 63.5 Å². The van der Waals surface area contributed by atoms with Crippen LogP contribution < -0.4 is 5.56 Å². The number of ether oxygens (including phenoxy) is 1. The lowest BCUT2D eigenvalue weighted by Gasteiger charge is -2.30. The number of amides is 1. The Balaban J connectivity index is 1.50. The number of aromatic nitrogens is 3. The predicted octanol–water partition coefficient (Wildman–Crippen LogP) is 6.00. The van der Waals surface area contributed by atoms with Crippen molar-refractivity contribution in [1.29, 1.82) is 0 Å². The molecule has 0 aliphatic carbocycles. The first-order chi connectivity index (χ1) is 20.8. The number of carbonyl (C=O) groups excluding carboxylic acids is 1. The fourth-order valence-corrected chi connectivity index (χ4v) is 7.08. The van der Waals surface area contributed by atoms with Gasteiger partial charge in [-0.3, -0.25) is 14.3 Å². The fourth-order valence-electron chi connectivity index (χ4n) is 5.52. The predicted molar refractivity (Wildman–Crippen MR) is 170 cm³/mol. The summed E-state index contributed by atoms with van der Waals surface area (Å²) in [5.74, 6) is 0. The van der Waals surface area contributed by atoms with Gasteiger partial charge in [-0.2, -0.15) is 0 Å². The topological polar surface area (TPSA) is 104 Å². The minimum absolute atomic E-state index is 0.0670. The Bertz CT molecular complexity index is 2070. The highest BCUT2D eigenvalue weighted by Gasteiger charge is 2.33. The van der Waals surface area contributed by atoms with Crippen molar-refractivity contribution in [2.24, 2.45) is 0 Å². The van der Waals surface area contributed by atoms with Gasteiger partial charge in [0.25, 0.3) is 15.6 Å². The van der Waals surface area contributed by atoms with Gasteiger partial charge in [-0.15, -0.1) is 0 Å². The summed E-state index contributed by atoms with van der Waals surface area (Å²) in [7, 11) is -4.08. The molecule has 1 amide bonds. The summed E-state index contributed by atoms with van der Waals surface area (Å²) in [5.41, 5.74) is 4.70. The molecule has 0 atom stereocenters. The molecule has 1 aliphatic heterocycles. The van der Waals surface area contributed by atoms with Crippen LogP contribution in [0.3, 0.4) is 0 Å². The Kier molecular flexibility index (Phi) is 7.20. The lowest BCUT2D eigenvalue weighted by molar-refractivity contribution is 0.0221. The van der Waals surface area contributed by atoms with E-state index >= 15 is 0 Å². The smallest absolute Gasteiger partial charge is 0.410 e. The normalized spacial score (nSPS) is 13.6. The molecular formula is C34H34N4O5S. The van der Waals surface area contributed by atoms with Crippen LogP contribution in [0.15, 0.2) is 88.8 Å². The second-order valence-corrected chi connectivity index (χ2v) is 14.0. The molecule has 0 spiro atoms. The second kappa shape index (κ2) is 10.8. The van der Waals surface area contributed by atoms with Crippen LogP contribution in [-0.2, 0) is 27.7 Å². The SMILES string of the molecule is Cc1ccc(S(=O)(=O)n2c3c(c4ccc(-n5ccc(-c6ccc(C)cn6)cc5=O)cc42)CCN(C(=O)OC(C)(C)C)C3)cc1. The third-order valence-electron chi connectivity index (χ3n) is 7.71. The number of pyridine rings is 2. The second-order valence-electron chi connectivity index (χ2n) is 12.2. The molecule has 226 valence electrons. The molecule has 0 saturated heterocycles. The van der Waals surface area contributed by atoms with Gasteiger partial charge in [-0.1, -0.05) is 29.8 Å². The van der Waals surface area contributed by atoms with Gasteiger partial charge >= 0.3 is 6.09 Å². The number of rotatable bonds is 4. The zero-order valence-corrected chi connectivity index (χ0v) is 26.2. The summed E-state index contributed by atoms with van der Waals surface area (Å²) in [6.07, 6.45) is 3.39. The van der Waals surface area contributed by atoms with Gasteiger partial charge in [-0.25, -0.2) is 17.2 Å². The molecule has 0 saturated carbocycles. The Morgan fingerprint density at radius 2 is 1.66 bits per heavy atom. The number of nitrogens with zero attached hydrogens (tertiary/aromatic N) is 4. The van der Waals surface area contributed by atoms with E-state index in [0.29, 0.717) is 41.1 Å². The van der Waals surface area contributed by atoms with E-state index in [1.807, 2.05) is 44.2 Å². The standard InChI is InChI=1S/C34H34N4O5S/c1-22-6-10-26(11-7-22)44(41,42)38-30-19-25(37-17-14-24(18-32(37)39)29-13-8-23(2)20-35-29)9-12-27(30)28-15-16-36(21-31(28)38)33(40)43-34(3,4)5/h6-14,17-20H,15-16,21H2,1-5H3. The van der Waals surface area contributed by atoms with Crippen molar-refractivity contribution in [3.8, 4) is 16.9 Å². The number of carbonyl (C=O) groups is 1. The van der Waals surface area contributed by atoms with E-state index in [1.165, 1.54) is 19.5 Å². The summed E-state index contributed by atoms with van der Waals surface area (Å²) >= 11 is 0. The summed E-state index contributed by atoms with van der Waals surface area (Å²) in [6, 6.07) is 19.2. The minimum Gasteiger partial charge on any atom is -0.444 e. The number of benzene rings is 2. The van der Waals surface area contributed by atoms with Crippen molar-refractivity contribution in [3.63, 3.8) is 0 Å². The highest BCUT2D eigenvalue weighted by atomic mass is 32.2. The molecule has 0 unspecified atom stereocenters. The van der Waals surface area contributed by atoms with Crippen LogP contribution in [0.4, 0.5) is 4.79 Å². The average molecular weight is 611 g/mol. The molecule has 44 heavy (non-hydrogen) atoms. The van der Waals surface area contributed by atoms with Gasteiger partial charge in [0.05, 0.1) is 34.0 Å². The van der Waals surface area contributed by atoms with Crippen LogP contribution in [0.2, 0.25) is 0 Å². The highest BCUT2D eigenvalue weighted by Crippen LogP contribution is 2.35. The first-order valence-electron chi connectivity index (χ1n) is 14.4. The third-order valence-corrected chi connectivity index (χ3v) is 9.47. The molecule has 6 rings (SSSR count). The van der Waals surface area contributed by atoms with E-state index in [9.17, 15) is 18.0 Å². The molecule has 9 nitrogen and oxygen atoms in total. The largest absolute Gasteiger partial charge is 0.444 e. The lowest BCUT2D eigenvalue weighted by Crippen LogP contribution is -2.40. The number of aryl methyl sites for hydroxylation is 2. The number of fused-ring (bicyclic) bond motifs is 3. The molecule has 0 N–H and O–H groups in total. The maximum absolute atomic E-state index is 14.3. The van der Waals surface area contributed by atoms with Gasteiger partial charge < -0.3 is 9.64 Å². The average Bonchev–Trinajstić information content (AvgIpc) is 3.30. The van der Waals surface area contributed by atoms with E-state index < -0.39 is 21.7 Å². The van der Waals surface area contributed by atoms with E-state index in [4.69, 9.17) is 4.74 Å². The summed E-state index contributed by atoms with van der Waals surface area (Å²) in [6.45, 7) is 9.70. The Hall–Kier alpha value is -4.70. The minimum atomic E-state index is -4.08. The van der Waals surface area contributed by atoms with Crippen LogP contribution in [0.5, 0.6) is 0 Å². The van der Waals surface area contributed by atoms with E-state index in [0.717, 1.165) is 22.1 Å². The first-order valence-corrected chi connectivity index (χ1v) is 15.9. The van der Waals surface area contributed by atoms with Crippen molar-refractivity contribution in [2.75, 3.05) is 6.54 Å². The van der Waals surface area contributed by atoms with Crippen LogP contribution >= 0.6 is 0 Å². The van der Waals surface area contributed by atoms with Crippen molar-refractivity contribution >= 4 is 27.0 Å². The maximum Gasteiger partial charge on any atom is 0.410 e. The first kappa shape index (κ1) is 29.4. The van der Waals surface area contributed by atoms with Crippen molar-refractivity contribution in [3.05, 3.63) is 112 Å². The fraction of sp³-hybridized carbons (Fsp3) is 0.265. The zero-order valence-electron chi connectivity index (χ0n) is 25.4. The molecular weight excluding hydrogens is 576 g/mol. The van der Waals surface area contributed by atoms with Gasteiger partial charge in [0.2, 0.25) is 0 Å². The molecule has 2 aromatic carbocycles. The Morgan fingerprint density at radius 1 is 0.932 bits per heavy atom. The summed E-state index contributed by atoms with van der Waals surface area (Å²) in [4.78, 5) is 32.5. The highest BCUT2D eigenvalue weighted by molar-refractivity contribution is 7.90. The van der Waals surface area contributed by atoms with Gasteiger partial charge in [0.1, 0.15) is 5.60 Å². The van der Waals surface area contributed by atoms with Crippen LogP contribution in [0.1, 0.15) is 43.2 Å². The third kappa shape index (κ3) is 5.41. The molecule has 0 fully saturated rings. The molecule has 1 aliphatic rings. The Morgan fingerprint density at radius 3 is 2.32 bits per heavy atom. The molecule has 10 heteroatoms. The van der Waals surface area contributed by atoms with E-state index in [-0.39, 0.29) is 17.0 Å². The van der Waals surface area contributed by atoms with Gasteiger partial charge in [0, 0.05) is 36.0 Å². The van der Waals surface area contributed by atoms with Crippen molar-refractivity contribution in [2.45, 2.75) is 58.1 Å². The summed E-state index contributed by atoms with van der Waals surface area (Å²) in [5, 5.41) is 0.761. The Labute approximate surface area is 256 Å². The van der Waals surface area contributed by atoms with E-state index in [2.05, 4.69) is 4.98 Å². The van der Waals surface area contributed by atoms with Gasteiger partial charge in [0.15, 0.2) is 0 Å². The molecule has 0 radical (unpaired) electrons. The van der Waals surface area contributed by atoms with Crippen LogP contribution in [0, 0.1) is 13.8 Å². The number of hydrogen-bond donors (Lipinski definition) is 0.